The molecule has 1 aliphatic heterocycles. The van der Waals surface area contributed by atoms with Gasteiger partial charge >= 0.3 is 0 Å². The van der Waals surface area contributed by atoms with E-state index in [9.17, 15) is 14.9 Å². The minimum absolute atomic E-state index is 0.00549. The monoisotopic (exact) mass is 488 g/mol. The standard InChI is InChI=1S/C26H24N4O4S/c1-17-7-5-12-24(27-17)28-26-29(19-9-3-2-4-10-19)25(31)23(35-26)16-21-13-14-22(34-21)18-8-6-11-20(15-18)30(32)33/h5-8,11-16,19H,2-4,9-10H2,1H3/b23-16+,28-26+. The average molecular weight is 489 g/mol. The summed E-state index contributed by atoms with van der Waals surface area (Å²) in [5, 5.41) is 11.7. The van der Waals surface area contributed by atoms with E-state index in [1.165, 1.54) is 30.3 Å². The highest BCUT2D eigenvalue weighted by atomic mass is 32.2. The summed E-state index contributed by atoms with van der Waals surface area (Å²) < 4.78 is 5.93. The van der Waals surface area contributed by atoms with Gasteiger partial charge < -0.3 is 4.42 Å². The number of carbonyl (C=O) groups is 1. The number of nitro benzene ring substituents is 1. The number of hydrogen-bond acceptors (Lipinski definition) is 7. The van der Waals surface area contributed by atoms with Crippen LogP contribution in [0.5, 0.6) is 0 Å². The van der Waals surface area contributed by atoms with Gasteiger partial charge in [0.2, 0.25) is 0 Å². The Morgan fingerprint density at radius 2 is 1.94 bits per heavy atom. The summed E-state index contributed by atoms with van der Waals surface area (Å²) in [4.78, 5) is 35.7. The lowest BCUT2D eigenvalue weighted by Gasteiger charge is -2.30. The summed E-state index contributed by atoms with van der Waals surface area (Å²) in [7, 11) is 0. The second-order valence-corrected chi connectivity index (χ2v) is 9.63. The van der Waals surface area contributed by atoms with Crippen molar-refractivity contribution in [1.29, 1.82) is 0 Å². The molecule has 0 spiro atoms. The number of aryl methyl sites for hydroxylation is 1. The Morgan fingerprint density at radius 1 is 1.14 bits per heavy atom. The fraction of sp³-hybridized carbons (Fsp3) is 0.269. The lowest BCUT2D eigenvalue weighted by Crippen LogP contribution is -2.40. The SMILES string of the molecule is Cc1cccc(/N=C2/S/C(=C/c3ccc(-c4cccc([N+](=O)[O-])c4)o3)C(=O)N2C2CCCCC2)n1. The molecule has 0 unspecified atom stereocenters. The third-order valence-electron chi connectivity index (χ3n) is 6.10. The van der Waals surface area contributed by atoms with E-state index in [4.69, 9.17) is 9.41 Å². The molecule has 0 radical (unpaired) electrons. The third kappa shape index (κ3) is 5.05. The predicted octanol–water partition coefficient (Wildman–Crippen LogP) is 6.49. The largest absolute Gasteiger partial charge is 0.457 e. The maximum absolute atomic E-state index is 13.5. The summed E-state index contributed by atoms with van der Waals surface area (Å²) in [6, 6.07) is 15.6. The lowest BCUT2D eigenvalue weighted by molar-refractivity contribution is -0.384. The first-order valence-corrected chi connectivity index (χ1v) is 12.4. The Bertz CT molecular complexity index is 1340. The highest BCUT2D eigenvalue weighted by molar-refractivity contribution is 8.18. The zero-order valence-electron chi connectivity index (χ0n) is 19.2. The maximum atomic E-state index is 13.5. The first kappa shape index (κ1) is 23.0. The van der Waals surface area contributed by atoms with Crippen LogP contribution in [0.2, 0.25) is 0 Å². The maximum Gasteiger partial charge on any atom is 0.270 e. The number of aromatic nitrogens is 1. The lowest BCUT2D eigenvalue weighted by atomic mass is 9.94. The van der Waals surface area contributed by atoms with Crippen LogP contribution in [-0.4, -0.2) is 31.9 Å². The molecule has 9 heteroatoms. The Kier molecular flexibility index (Phi) is 6.50. The smallest absolute Gasteiger partial charge is 0.270 e. The van der Waals surface area contributed by atoms with Gasteiger partial charge in [-0.2, -0.15) is 0 Å². The van der Waals surface area contributed by atoms with E-state index in [-0.39, 0.29) is 17.6 Å². The molecule has 35 heavy (non-hydrogen) atoms. The predicted molar refractivity (Wildman–Crippen MR) is 136 cm³/mol. The minimum atomic E-state index is -0.438. The number of amidine groups is 1. The summed E-state index contributed by atoms with van der Waals surface area (Å²) in [5.41, 5.74) is 1.46. The van der Waals surface area contributed by atoms with E-state index in [1.54, 1.807) is 30.3 Å². The van der Waals surface area contributed by atoms with Crippen LogP contribution in [0.25, 0.3) is 17.4 Å². The first-order valence-electron chi connectivity index (χ1n) is 11.6. The molecule has 3 aromatic rings. The number of carbonyl (C=O) groups excluding carboxylic acids is 1. The number of non-ortho nitro benzene ring substituents is 1. The topological polar surface area (TPSA) is 102 Å². The van der Waals surface area contributed by atoms with E-state index in [0.717, 1.165) is 31.4 Å². The van der Waals surface area contributed by atoms with Crippen LogP contribution in [0.15, 0.2) is 68.9 Å². The van der Waals surface area contributed by atoms with E-state index in [1.807, 2.05) is 30.0 Å². The minimum Gasteiger partial charge on any atom is -0.457 e. The molecule has 0 atom stereocenters. The fourth-order valence-corrected chi connectivity index (χ4v) is 5.43. The molecule has 178 valence electrons. The van der Waals surface area contributed by atoms with Crippen LogP contribution in [0.3, 0.4) is 0 Å². The van der Waals surface area contributed by atoms with Crippen molar-refractivity contribution in [2.45, 2.75) is 45.1 Å². The van der Waals surface area contributed by atoms with Gasteiger partial charge in [-0.15, -0.1) is 0 Å². The van der Waals surface area contributed by atoms with Gasteiger partial charge in [-0.05, 0) is 55.8 Å². The quantitative estimate of drug-likeness (QED) is 0.231. The van der Waals surface area contributed by atoms with Gasteiger partial charge in [0.1, 0.15) is 11.5 Å². The molecule has 3 heterocycles. The van der Waals surface area contributed by atoms with Crippen LogP contribution in [0.1, 0.15) is 43.6 Å². The number of pyridine rings is 1. The van der Waals surface area contributed by atoms with Crippen molar-refractivity contribution >= 4 is 40.4 Å². The molecule has 2 fully saturated rings. The van der Waals surface area contributed by atoms with Gasteiger partial charge in [-0.1, -0.05) is 37.5 Å². The average Bonchev–Trinajstić information content (AvgIpc) is 3.44. The second-order valence-electron chi connectivity index (χ2n) is 8.62. The number of amides is 1. The Labute approximate surface area is 206 Å². The van der Waals surface area contributed by atoms with Gasteiger partial charge in [0.15, 0.2) is 11.0 Å². The van der Waals surface area contributed by atoms with E-state index < -0.39 is 4.92 Å². The van der Waals surface area contributed by atoms with Crippen molar-refractivity contribution in [3.8, 4) is 11.3 Å². The number of benzene rings is 1. The van der Waals surface area contributed by atoms with Crippen LogP contribution in [0, 0.1) is 17.0 Å². The van der Waals surface area contributed by atoms with Gasteiger partial charge in [0.25, 0.3) is 11.6 Å². The molecule has 2 aromatic heterocycles. The van der Waals surface area contributed by atoms with Crippen molar-refractivity contribution < 1.29 is 14.1 Å². The molecule has 8 nitrogen and oxygen atoms in total. The van der Waals surface area contributed by atoms with Gasteiger partial charge in [0.05, 0.1) is 9.83 Å². The molecule has 1 aliphatic carbocycles. The van der Waals surface area contributed by atoms with Gasteiger partial charge in [-0.3, -0.25) is 19.8 Å². The van der Waals surface area contributed by atoms with Crippen LogP contribution in [-0.2, 0) is 4.79 Å². The number of thioether (sulfide) groups is 1. The fourth-order valence-electron chi connectivity index (χ4n) is 4.40. The Morgan fingerprint density at radius 3 is 2.71 bits per heavy atom. The summed E-state index contributed by atoms with van der Waals surface area (Å²) in [5.74, 6) is 1.49. The summed E-state index contributed by atoms with van der Waals surface area (Å²) in [6.07, 6.45) is 7.01. The number of aliphatic imine (C=N–C) groups is 1. The molecule has 1 aromatic carbocycles. The van der Waals surface area contributed by atoms with E-state index in [0.29, 0.717) is 33.0 Å². The highest BCUT2D eigenvalue weighted by Crippen LogP contribution is 2.39. The molecule has 1 saturated carbocycles. The molecule has 5 rings (SSSR count). The molecule has 2 aliphatic rings. The van der Waals surface area contributed by atoms with Crippen LogP contribution >= 0.6 is 11.8 Å². The zero-order chi connectivity index (χ0) is 24.4. The molecule has 0 N–H and O–H groups in total. The van der Waals surface area contributed by atoms with Gasteiger partial charge in [-0.25, -0.2) is 9.98 Å². The number of nitrogens with zero attached hydrogens (tertiary/aromatic N) is 4. The second kappa shape index (κ2) is 9.87. The number of furan rings is 1. The summed E-state index contributed by atoms with van der Waals surface area (Å²) in [6.45, 7) is 1.91. The third-order valence-corrected chi connectivity index (χ3v) is 7.09. The zero-order valence-corrected chi connectivity index (χ0v) is 20.0. The van der Waals surface area contributed by atoms with Crippen molar-refractivity contribution in [1.82, 2.24) is 9.88 Å². The van der Waals surface area contributed by atoms with Crippen LogP contribution in [0.4, 0.5) is 11.5 Å². The number of rotatable bonds is 5. The van der Waals surface area contributed by atoms with Gasteiger partial charge in [0, 0.05) is 35.5 Å². The van der Waals surface area contributed by atoms with E-state index in [2.05, 4.69) is 4.98 Å². The Balaban J connectivity index is 1.46. The molecular weight excluding hydrogens is 464 g/mol. The highest BCUT2D eigenvalue weighted by Gasteiger charge is 2.39. The molecule has 1 saturated heterocycles. The normalized spacial score (nSPS) is 19.1. The van der Waals surface area contributed by atoms with Crippen LogP contribution < -0.4 is 0 Å². The number of nitro groups is 1. The molecule has 0 bridgehead atoms. The first-order chi connectivity index (χ1) is 17.0. The number of hydrogen-bond donors (Lipinski definition) is 0. The van der Waals surface area contributed by atoms with E-state index >= 15 is 0 Å². The van der Waals surface area contributed by atoms with Crippen molar-refractivity contribution in [2.24, 2.45) is 4.99 Å². The molecule has 1 amide bonds. The molecular formula is C26H24N4O4S. The van der Waals surface area contributed by atoms with Crippen molar-refractivity contribution in [3.05, 3.63) is 81.1 Å². The van der Waals surface area contributed by atoms with Crippen molar-refractivity contribution in [2.75, 3.05) is 0 Å². The Hall–Kier alpha value is -3.72. The van der Waals surface area contributed by atoms with Crippen molar-refractivity contribution in [3.63, 3.8) is 0 Å². The summed E-state index contributed by atoms with van der Waals surface area (Å²) >= 11 is 1.33.